The summed E-state index contributed by atoms with van der Waals surface area (Å²) in [7, 11) is -3.60. The summed E-state index contributed by atoms with van der Waals surface area (Å²) in [5.74, 6) is 0. The van der Waals surface area contributed by atoms with E-state index in [-0.39, 0.29) is 17.2 Å². The highest BCUT2D eigenvalue weighted by Gasteiger charge is 2.43. The van der Waals surface area contributed by atoms with Gasteiger partial charge in [-0.2, -0.15) is 0 Å². The van der Waals surface area contributed by atoms with Crippen LogP contribution in [0.25, 0.3) is 0 Å². The van der Waals surface area contributed by atoms with Crippen molar-refractivity contribution in [3.8, 4) is 0 Å². The molecular weight excluding hydrogens is 337 g/mol. The fourth-order valence-electron chi connectivity index (χ4n) is 3.39. The molecule has 0 bridgehead atoms. The minimum atomic E-state index is -3.60. The van der Waals surface area contributed by atoms with Gasteiger partial charge in [0.15, 0.2) is 0 Å². The maximum atomic E-state index is 13.6. The molecule has 1 aromatic rings. The fourth-order valence-corrected chi connectivity index (χ4v) is 5.04. The van der Waals surface area contributed by atoms with Gasteiger partial charge in [-0.3, -0.25) is 4.57 Å². The van der Waals surface area contributed by atoms with Gasteiger partial charge in [-0.1, -0.05) is 18.2 Å². The molecule has 0 aliphatic carbocycles. The Morgan fingerprint density at radius 3 is 2.04 bits per heavy atom. The zero-order valence-electron chi connectivity index (χ0n) is 16.5. The van der Waals surface area contributed by atoms with E-state index in [1.54, 1.807) is 12.1 Å². The van der Waals surface area contributed by atoms with Crippen molar-refractivity contribution in [3.63, 3.8) is 0 Å². The lowest BCUT2D eigenvalue weighted by molar-refractivity contribution is -0.280. The number of rotatable bonds is 5. The van der Waals surface area contributed by atoms with Crippen LogP contribution in [-0.4, -0.2) is 22.8 Å². The minimum Gasteiger partial charge on any atom is -0.307 e. The molecule has 1 fully saturated rings. The second kappa shape index (κ2) is 7.13. The number of hydrogen-bond acceptors (Lipinski definition) is 5. The van der Waals surface area contributed by atoms with E-state index in [1.807, 2.05) is 39.0 Å². The highest BCUT2D eigenvalue weighted by molar-refractivity contribution is 7.62. The Hall–Kier alpha value is -0.710. The van der Waals surface area contributed by atoms with Crippen molar-refractivity contribution >= 4 is 12.9 Å². The van der Waals surface area contributed by atoms with Crippen molar-refractivity contribution in [3.05, 3.63) is 30.3 Å². The van der Waals surface area contributed by atoms with Crippen molar-refractivity contribution < 1.29 is 18.7 Å². The molecule has 142 valence electrons. The fraction of sp³-hybridized carbons (Fsp3) is 0.684. The third-order valence-electron chi connectivity index (χ3n) is 3.90. The standard InChI is InChI=1S/C19H32NO4P/c1-17(2,3)23-24-25(21,16-11-9-8-10-12-16)22-15-13-18(4,5)20-19(6,7)14-15/h8-12,15,20H,13-14H2,1-7H3. The first-order valence-electron chi connectivity index (χ1n) is 8.81. The van der Waals surface area contributed by atoms with Crippen LogP contribution >= 0.6 is 7.60 Å². The van der Waals surface area contributed by atoms with Gasteiger partial charge < -0.3 is 9.84 Å². The lowest BCUT2D eigenvalue weighted by atomic mass is 9.81. The Bertz CT molecular complexity index is 606. The lowest BCUT2D eigenvalue weighted by Gasteiger charge is -2.46. The molecule has 1 aliphatic rings. The summed E-state index contributed by atoms with van der Waals surface area (Å²) in [5, 5.41) is 4.11. The molecule has 6 heteroatoms. The first kappa shape index (κ1) is 20.6. The second-order valence-electron chi connectivity index (χ2n) is 9.13. The Morgan fingerprint density at radius 1 is 1.04 bits per heavy atom. The van der Waals surface area contributed by atoms with Gasteiger partial charge in [0.1, 0.15) is 0 Å². The average molecular weight is 369 g/mol. The SMILES string of the molecule is CC1(C)CC(OP(=O)(OOC(C)(C)C)c2ccccc2)CC(C)(C)N1. The monoisotopic (exact) mass is 369 g/mol. The summed E-state index contributed by atoms with van der Waals surface area (Å²) < 4.78 is 25.1. The molecule has 5 nitrogen and oxygen atoms in total. The van der Waals surface area contributed by atoms with Crippen LogP contribution < -0.4 is 10.6 Å². The molecule has 0 amide bonds. The van der Waals surface area contributed by atoms with Crippen molar-refractivity contribution in [1.82, 2.24) is 5.32 Å². The van der Waals surface area contributed by atoms with Gasteiger partial charge in [0, 0.05) is 11.1 Å². The molecule has 0 saturated carbocycles. The Labute approximate surface area is 151 Å². The first-order chi connectivity index (χ1) is 11.3. The molecule has 1 N–H and O–H groups in total. The van der Waals surface area contributed by atoms with Gasteiger partial charge in [-0.05, 0) is 73.4 Å². The molecule has 1 aliphatic heterocycles. The van der Waals surface area contributed by atoms with Crippen LogP contribution in [-0.2, 0) is 18.7 Å². The van der Waals surface area contributed by atoms with Gasteiger partial charge in [0.25, 0.3) is 0 Å². The third-order valence-corrected chi connectivity index (χ3v) is 5.68. The zero-order valence-corrected chi connectivity index (χ0v) is 17.4. The van der Waals surface area contributed by atoms with Crippen LogP contribution in [0.15, 0.2) is 30.3 Å². The van der Waals surface area contributed by atoms with Crippen LogP contribution in [0.2, 0.25) is 0 Å². The molecule has 1 aromatic carbocycles. The molecule has 0 spiro atoms. The summed E-state index contributed by atoms with van der Waals surface area (Å²) in [6.07, 6.45) is 1.29. The quantitative estimate of drug-likeness (QED) is 0.468. The van der Waals surface area contributed by atoms with Gasteiger partial charge in [0.05, 0.1) is 17.0 Å². The van der Waals surface area contributed by atoms with Crippen LogP contribution in [0.1, 0.15) is 61.3 Å². The van der Waals surface area contributed by atoms with Gasteiger partial charge in [0.2, 0.25) is 0 Å². The van der Waals surface area contributed by atoms with E-state index < -0.39 is 13.2 Å². The van der Waals surface area contributed by atoms with Crippen LogP contribution in [0, 0.1) is 0 Å². The predicted octanol–water partition coefficient (Wildman–Crippen LogP) is 4.58. The van der Waals surface area contributed by atoms with E-state index in [9.17, 15) is 4.57 Å². The van der Waals surface area contributed by atoms with Gasteiger partial charge in [-0.25, -0.2) is 4.89 Å². The van der Waals surface area contributed by atoms with Crippen LogP contribution in [0.5, 0.6) is 0 Å². The summed E-state index contributed by atoms with van der Waals surface area (Å²) in [4.78, 5) is 5.39. The molecule has 1 atom stereocenters. The van der Waals surface area contributed by atoms with Gasteiger partial charge in [-0.15, -0.1) is 4.67 Å². The Balaban J connectivity index is 2.26. The van der Waals surface area contributed by atoms with E-state index >= 15 is 0 Å². The number of benzene rings is 1. The summed E-state index contributed by atoms with van der Waals surface area (Å²) in [6.45, 7) is 14.1. The van der Waals surface area contributed by atoms with Crippen molar-refractivity contribution in [2.45, 2.75) is 84.1 Å². The van der Waals surface area contributed by atoms with E-state index in [2.05, 4.69) is 33.0 Å². The molecule has 0 radical (unpaired) electrons. The highest BCUT2D eigenvalue weighted by atomic mass is 31.2. The predicted molar refractivity (Wildman–Crippen MR) is 101 cm³/mol. The Morgan fingerprint density at radius 2 is 1.56 bits per heavy atom. The largest absolute Gasteiger partial charge is 0.388 e. The zero-order chi connectivity index (χ0) is 18.9. The molecule has 25 heavy (non-hydrogen) atoms. The Kier molecular flexibility index (Phi) is 5.87. The maximum absolute atomic E-state index is 13.6. The molecule has 1 saturated heterocycles. The smallest absolute Gasteiger partial charge is 0.307 e. The molecule has 1 unspecified atom stereocenters. The number of hydrogen-bond donors (Lipinski definition) is 1. The van der Waals surface area contributed by atoms with E-state index in [0.29, 0.717) is 5.30 Å². The average Bonchev–Trinajstić information content (AvgIpc) is 2.42. The van der Waals surface area contributed by atoms with Crippen molar-refractivity contribution in [2.24, 2.45) is 0 Å². The summed E-state index contributed by atoms with van der Waals surface area (Å²) in [5.41, 5.74) is -0.807. The molecule has 2 rings (SSSR count). The summed E-state index contributed by atoms with van der Waals surface area (Å²) >= 11 is 0. The van der Waals surface area contributed by atoms with Crippen LogP contribution in [0.3, 0.4) is 0 Å². The van der Waals surface area contributed by atoms with E-state index in [0.717, 1.165) is 12.8 Å². The normalized spacial score (nSPS) is 23.2. The molecule has 0 aromatic heterocycles. The topological polar surface area (TPSA) is 56.8 Å². The molecule has 1 heterocycles. The maximum Gasteiger partial charge on any atom is 0.388 e. The first-order valence-corrected chi connectivity index (χ1v) is 10.4. The minimum absolute atomic E-state index is 0.112. The van der Waals surface area contributed by atoms with E-state index in [1.165, 1.54) is 0 Å². The summed E-state index contributed by atoms with van der Waals surface area (Å²) in [6, 6.07) is 9.02. The number of nitrogens with one attached hydrogen (secondary N) is 1. The van der Waals surface area contributed by atoms with Gasteiger partial charge >= 0.3 is 7.60 Å². The third kappa shape index (κ3) is 6.19. The number of piperidine rings is 1. The second-order valence-corrected chi connectivity index (χ2v) is 11.0. The highest BCUT2D eigenvalue weighted by Crippen LogP contribution is 2.51. The molecular formula is C19H32NO4P. The van der Waals surface area contributed by atoms with Crippen molar-refractivity contribution in [2.75, 3.05) is 0 Å². The van der Waals surface area contributed by atoms with Crippen molar-refractivity contribution in [1.29, 1.82) is 0 Å². The lowest BCUT2D eigenvalue weighted by Crippen LogP contribution is -2.59. The van der Waals surface area contributed by atoms with Crippen LogP contribution in [0.4, 0.5) is 0 Å². The van der Waals surface area contributed by atoms with E-state index in [4.69, 9.17) is 14.1 Å².